The van der Waals surface area contributed by atoms with E-state index in [0.29, 0.717) is 38.4 Å². The van der Waals surface area contributed by atoms with Gasteiger partial charge in [0.25, 0.3) is 0 Å². The van der Waals surface area contributed by atoms with Gasteiger partial charge in [-0.3, -0.25) is 0 Å². The molecular formula is C21H20Cl2N6O3S. The number of anilines is 1. The molecular weight excluding hydrogens is 487 g/mol. The Kier molecular flexibility index (Phi) is 7.11. The minimum atomic E-state index is -3.66. The number of benzene rings is 2. The molecule has 2 N–H and O–H groups in total. The van der Waals surface area contributed by atoms with Gasteiger partial charge in [-0.1, -0.05) is 35.3 Å². The maximum atomic E-state index is 12.4. The Morgan fingerprint density at radius 1 is 1.03 bits per heavy atom. The summed E-state index contributed by atoms with van der Waals surface area (Å²) in [5.74, 6) is 0.957. The molecule has 2 aromatic heterocycles. The topological polar surface area (TPSA) is 111 Å². The summed E-state index contributed by atoms with van der Waals surface area (Å²) in [6.07, 6.45) is 1.63. The number of hydrogen-bond donors (Lipinski definition) is 2. The molecule has 0 aliphatic carbocycles. The van der Waals surface area contributed by atoms with Crippen molar-refractivity contribution in [1.82, 2.24) is 24.5 Å². The van der Waals surface area contributed by atoms with Gasteiger partial charge in [0.15, 0.2) is 11.5 Å². The fraction of sp³-hybridized carbons (Fsp3) is 0.190. The molecule has 0 saturated heterocycles. The van der Waals surface area contributed by atoms with Gasteiger partial charge >= 0.3 is 0 Å². The van der Waals surface area contributed by atoms with E-state index >= 15 is 0 Å². The van der Waals surface area contributed by atoms with Gasteiger partial charge in [0.2, 0.25) is 10.0 Å². The number of ether oxygens (including phenoxy) is 1. The summed E-state index contributed by atoms with van der Waals surface area (Å²) in [6, 6.07) is 13.3. The number of nitrogens with zero attached hydrogens (tertiary/aromatic N) is 4. The van der Waals surface area contributed by atoms with Gasteiger partial charge in [-0.2, -0.15) is 5.10 Å². The number of aromatic nitrogens is 4. The van der Waals surface area contributed by atoms with Crippen LogP contribution in [0.25, 0.3) is 16.7 Å². The van der Waals surface area contributed by atoms with Crippen LogP contribution in [-0.2, 0) is 21.4 Å². The van der Waals surface area contributed by atoms with Crippen molar-refractivity contribution >= 4 is 50.1 Å². The number of nitrogens with one attached hydrogen (secondary N) is 2. The second-order valence-corrected chi connectivity index (χ2v) is 9.56. The molecule has 0 spiro atoms. The average Bonchev–Trinajstić information content (AvgIpc) is 3.21. The van der Waals surface area contributed by atoms with E-state index in [-0.39, 0.29) is 24.6 Å². The van der Waals surface area contributed by atoms with Crippen LogP contribution in [-0.4, -0.2) is 48.4 Å². The summed E-state index contributed by atoms with van der Waals surface area (Å²) in [4.78, 5) is 9.20. The highest BCUT2D eigenvalue weighted by atomic mass is 35.5. The lowest BCUT2D eigenvalue weighted by atomic mass is 10.3. The SMILES string of the molecule is COCc1nc(NCCNS(=O)(=O)c2ccc(Cl)cc2)c2cnn(-c3ccccc3Cl)c2n1. The van der Waals surface area contributed by atoms with Crippen molar-refractivity contribution in [2.45, 2.75) is 11.5 Å². The number of methoxy groups -OCH3 is 1. The van der Waals surface area contributed by atoms with Crippen molar-refractivity contribution in [3.63, 3.8) is 0 Å². The molecule has 172 valence electrons. The molecule has 0 radical (unpaired) electrons. The second-order valence-electron chi connectivity index (χ2n) is 6.94. The maximum Gasteiger partial charge on any atom is 0.240 e. The van der Waals surface area contributed by atoms with Crippen molar-refractivity contribution in [2.75, 3.05) is 25.5 Å². The predicted molar refractivity (Wildman–Crippen MR) is 128 cm³/mol. The quantitative estimate of drug-likeness (QED) is 0.333. The molecule has 9 nitrogen and oxygen atoms in total. The standard InChI is InChI=1S/C21H20Cl2N6O3S/c1-32-13-19-27-20(24-10-11-26-33(30,31)15-8-6-14(22)7-9-15)16-12-25-29(21(16)28-19)18-5-3-2-4-17(18)23/h2-9,12,26H,10-11,13H2,1H3,(H,24,27,28). The molecule has 0 aliphatic rings. The smallest absolute Gasteiger partial charge is 0.240 e. The highest BCUT2D eigenvalue weighted by Crippen LogP contribution is 2.26. The number of halogens is 2. The zero-order valence-corrected chi connectivity index (χ0v) is 19.8. The number of hydrogen-bond acceptors (Lipinski definition) is 7. The predicted octanol–water partition coefficient (Wildman–Crippen LogP) is 3.66. The van der Waals surface area contributed by atoms with Crippen LogP contribution >= 0.6 is 23.2 Å². The summed E-state index contributed by atoms with van der Waals surface area (Å²) in [6.45, 7) is 0.610. The lowest BCUT2D eigenvalue weighted by Crippen LogP contribution is -2.29. The Morgan fingerprint density at radius 3 is 2.52 bits per heavy atom. The number of rotatable bonds is 9. The zero-order valence-electron chi connectivity index (χ0n) is 17.5. The Labute approximate surface area is 200 Å². The van der Waals surface area contributed by atoms with Crippen LogP contribution in [0.1, 0.15) is 5.82 Å². The first-order chi connectivity index (χ1) is 15.9. The van der Waals surface area contributed by atoms with Crippen molar-refractivity contribution in [2.24, 2.45) is 0 Å². The fourth-order valence-electron chi connectivity index (χ4n) is 3.14. The summed E-state index contributed by atoms with van der Waals surface area (Å²) in [5, 5.41) is 9.24. The highest BCUT2D eigenvalue weighted by Gasteiger charge is 2.16. The van der Waals surface area contributed by atoms with Gasteiger partial charge in [0.1, 0.15) is 12.4 Å². The van der Waals surface area contributed by atoms with E-state index in [1.54, 1.807) is 24.1 Å². The second kappa shape index (κ2) is 10.0. The third kappa shape index (κ3) is 5.26. The summed E-state index contributed by atoms with van der Waals surface area (Å²) >= 11 is 12.2. The minimum absolute atomic E-state index is 0.134. The first kappa shape index (κ1) is 23.4. The van der Waals surface area contributed by atoms with E-state index < -0.39 is 10.0 Å². The number of fused-ring (bicyclic) bond motifs is 1. The molecule has 0 bridgehead atoms. The third-order valence-electron chi connectivity index (χ3n) is 4.66. The molecule has 0 aliphatic heterocycles. The Morgan fingerprint density at radius 2 is 1.79 bits per heavy atom. The Bertz CT molecular complexity index is 1380. The van der Waals surface area contributed by atoms with Crippen LogP contribution in [0.5, 0.6) is 0 Å². The van der Waals surface area contributed by atoms with Gasteiger partial charge in [-0.25, -0.2) is 27.8 Å². The van der Waals surface area contributed by atoms with Gasteiger partial charge < -0.3 is 10.1 Å². The fourth-order valence-corrected chi connectivity index (χ4v) is 4.52. The van der Waals surface area contributed by atoms with Crippen molar-refractivity contribution < 1.29 is 13.2 Å². The van der Waals surface area contributed by atoms with E-state index in [1.807, 2.05) is 18.2 Å². The first-order valence-corrected chi connectivity index (χ1v) is 12.1. The molecule has 0 unspecified atom stereocenters. The number of para-hydroxylation sites is 1. The van der Waals surface area contributed by atoms with Gasteiger partial charge in [0, 0.05) is 25.2 Å². The van der Waals surface area contributed by atoms with Crippen molar-refractivity contribution in [3.8, 4) is 5.69 Å². The molecule has 12 heteroatoms. The third-order valence-corrected chi connectivity index (χ3v) is 6.71. The van der Waals surface area contributed by atoms with Gasteiger partial charge in [-0.05, 0) is 36.4 Å². The summed E-state index contributed by atoms with van der Waals surface area (Å²) < 4.78 is 34.3. The first-order valence-electron chi connectivity index (χ1n) is 9.86. The van der Waals surface area contributed by atoms with Crippen LogP contribution in [0.3, 0.4) is 0 Å². The monoisotopic (exact) mass is 506 g/mol. The van der Waals surface area contributed by atoms with Gasteiger partial charge in [0.05, 0.1) is 27.2 Å². The molecule has 2 aromatic carbocycles. The van der Waals surface area contributed by atoms with Crippen LogP contribution in [0.15, 0.2) is 59.6 Å². The molecule has 0 atom stereocenters. The van der Waals surface area contributed by atoms with Crippen LogP contribution in [0.2, 0.25) is 10.0 Å². The van der Waals surface area contributed by atoms with E-state index in [9.17, 15) is 8.42 Å². The van der Waals surface area contributed by atoms with Crippen LogP contribution in [0.4, 0.5) is 5.82 Å². The van der Waals surface area contributed by atoms with Crippen molar-refractivity contribution in [3.05, 3.63) is 70.6 Å². The molecule has 0 amide bonds. The number of sulfonamides is 1. The van der Waals surface area contributed by atoms with E-state index in [2.05, 4.69) is 25.1 Å². The lowest BCUT2D eigenvalue weighted by molar-refractivity contribution is 0.178. The minimum Gasteiger partial charge on any atom is -0.377 e. The molecule has 0 fully saturated rings. The normalized spacial score (nSPS) is 11.7. The largest absolute Gasteiger partial charge is 0.377 e. The molecule has 4 aromatic rings. The van der Waals surface area contributed by atoms with Crippen molar-refractivity contribution in [1.29, 1.82) is 0 Å². The molecule has 4 rings (SSSR count). The lowest BCUT2D eigenvalue weighted by Gasteiger charge is -2.11. The molecule has 2 heterocycles. The molecule has 0 saturated carbocycles. The van der Waals surface area contributed by atoms with Gasteiger partial charge in [-0.15, -0.1) is 0 Å². The summed E-state index contributed by atoms with van der Waals surface area (Å²) in [5.41, 5.74) is 1.23. The Hall–Kier alpha value is -2.76. The van der Waals surface area contributed by atoms with Crippen LogP contribution < -0.4 is 10.0 Å². The average molecular weight is 507 g/mol. The van der Waals surface area contributed by atoms with E-state index in [4.69, 9.17) is 27.9 Å². The zero-order chi connectivity index (χ0) is 23.4. The van der Waals surface area contributed by atoms with Crippen LogP contribution in [0, 0.1) is 0 Å². The Balaban J connectivity index is 1.55. The van der Waals surface area contributed by atoms with E-state index in [1.165, 1.54) is 24.3 Å². The molecule has 33 heavy (non-hydrogen) atoms. The van der Waals surface area contributed by atoms with E-state index in [0.717, 1.165) is 0 Å². The maximum absolute atomic E-state index is 12.4. The highest BCUT2D eigenvalue weighted by molar-refractivity contribution is 7.89. The summed E-state index contributed by atoms with van der Waals surface area (Å²) in [7, 11) is -2.11.